The molecule has 4 aromatic rings. The van der Waals surface area contributed by atoms with Gasteiger partial charge in [-0.25, -0.2) is 17.5 Å². The van der Waals surface area contributed by atoms with Crippen LogP contribution >= 0.6 is 0 Å². The second kappa shape index (κ2) is 9.36. The number of nitrogens with zero attached hydrogens (tertiary/aromatic N) is 4. The fourth-order valence-corrected chi connectivity index (χ4v) is 7.47. The van der Waals surface area contributed by atoms with E-state index >= 15 is 0 Å². The summed E-state index contributed by atoms with van der Waals surface area (Å²) in [5.41, 5.74) is 4.08. The maximum Gasteiger partial charge on any atom is 0.243 e. The van der Waals surface area contributed by atoms with Crippen LogP contribution < -0.4 is 0 Å². The Labute approximate surface area is 226 Å². The maximum atomic E-state index is 14.2. The zero-order chi connectivity index (χ0) is 27.4. The first-order valence-electron chi connectivity index (χ1n) is 12.8. The van der Waals surface area contributed by atoms with E-state index < -0.39 is 15.4 Å². The molecule has 0 bridgehead atoms. The molecule has 0 N–H and O–H groups in total. The highest BCUT2D eigenvalue weighted by Gasteiger charge is 2.51. The summed E-state index contributed by atoms with van der Waals surface area (Å²) in [5, 5.41) is 4.54. The molecule has 0 saturated carbocycles. The van der Waals surface area contributed by atoms with Crippen LogP contribution in [0.1, 0.15) is 39.3 Å². The number of carbonyl (C=O) groups is 1. The van der Waals surface area contributed by atoms with Gasteiger partial charge in [0.05, 0.1) is 27.9 Å². The van der Waals surface area contributed by atoms with E-state index in [9.17, 15) is 17.6 Å². The van der Waals surface area contributed by atoms with Crippen molar-refractivity contribution in [3.8, 4) is 5.69 Å². The number of Topliss-reactive ketones (excluding diaryl/α,β-unsaturated/α-hetero) is 1. The second-order valence-corrected chi connectivity index (χ2v) is 12.3. The van der Waals surface area contributed by atoms with Gasteiger partial charge in [0, 0.05) is 19.3 Å². The lowest BCUT2D eigenvalue weighted by molar-refractivity contribution is 0.0770. The second-order valence-electron chi connectivity index (χ2n) is 10.3. The number of ketones is 1. The molecule has 1 aliphatic heterocycles. The Bertz CT molecular complexity index is 1710. The van der Waals surface area contributed by atoms with Gasteiger partial charge in [-0.3, -0.25) is 9.78 Å². The van der Waals surface area contributed by atoms with Crippen LogP contribution in [0.15, 0.2) is 83.5 Å². The molecular formula is C30H27FN4O3S. The lowest BCUT2D eigenvalue weighted by atomic mass is 9.65. The highest BCUT2D eigenvalue weighted by atomic mass is 32.2. The maximum absolute atomic E-state index is 14.2. The predicted octanol–water partition coefficient (Wildman–Crippen LogP) is 4.93. The van der Waals surface area contributed by atoms with Crippen LogP contribution in [-0.4, -0.2) is 46.4 Å². The largest absolute Gasteiger partial charge is 0.291 e. The number of rotatable bonds is 5. The Kier molecular flexibility index (Phi) is 6.08. The standard InChI is InChI=1S/C30H27FN4O3S/c1-20-13-21(2)15-26(14-20)39(37,38)34-12-10-23-16-28-22(18-33-35(28)25-8-6-24(31)7-9-25)17-30(23,19-34)29(36)27-5-3-4-11-32-27/h3-9,11,13-16,18H,10,12,17,19H2,1-2H3. The van der Waals surface area contributed by atoms with E-state index in [-0.39, 0.29) is 36.0 Å². The Morgan fingerprint density at radius 3 is 2.46 bits per heavy atom. The van der Waals surface area contributed by atoms with E-state index in [2.05, 4.69) is 10.1 Å². The van der Waals surface area contributed by atoms with Gasteiger partial charge in [-0.2, -0.15) is 9.40 Å². The van der Waals surface area contributed by atoms with Gasteiger partial charge in [-0.1, -0.05) is 17.7 Å². The van der Waals surface area contributed by atoms with Gasteiger partial charge in [-0.05, 0) is 98.0 Å². The fourth-order valence-electron chi connectivity index (χ4n) is 5.78. The third-order valence-corrected chi connectivity index (χ3v) is 9.44. The molecule has 0 amide bonds. The number of sulfonamides is 1. The smallest absolute Gasteiger partial charge is 0.243 e. The molecule has 1 aliphatic carbocycles. The molecule has 2 aromatic carbocycles. The lowest BCUT2D eigenvalue weighted by Crippen LogP contribution is -2.53. The first-order valence-corrected chi connectivity index (χ1v) is 14.2. The molecular weight excluding hydrogens is 515 g/mol. The number of halogens is 1. The normalized spacial score (nSPS) is 19.2. The number of hydrogen-bond acceptors (Lipinski definition) is 5. The Morgan fingerprint density at radius 2 is 1.77 bits per heavy atom. The topological polar surface area (TPSA) is 85.2 Å². The van der Waals surface area contributed by atoms with E-state index in [4.69, 9.17) is 0 Å². The van der Waals surface area contributed by atoms with Crippen molar-refractivity contribution in [3.63, 3.8) is 0 Å². The summed E-state index contributed by atoms with van der Waals surface area (Å²) in [5.74, 6) is -0.551. The molecule has 1 unspecified atom stereocenters. The van der Waals surface area contributed by atoms with Crippen LogP contribution in [0.5, 0.6) is 0 Å². The molecule has 9 heteroatoms. The number of fused-ring (bicyclic) bond motifs is 2. The number of hydrogen-bond donors (Lipinski definition) is 0. The van der Waals surface area contributed by atoms with Crippen LogP contribution in [0.25, 0.3) is 11.8 Å². The van der Waals surface area contributed by atoms with Crippen molar-refractivity contribution in [2.75, 3.05) is 13.1 Å². The van der Waals surface area contributed by atoms with Crippen LogP contribution in [0, 0.1) is 25.1 Å². The molecule has 3 heterocycles. The van der Waals surface area contributed by atoms with Crippen LogP contribution in [0.4, 0.5) is 4.39 Å². The average molecular weight is 543 g/mol. The summed E-state index contributed by atoms with van der Waals surface area (Å²) in [4.78, 5) is 18.8. The first kappa shape index (κ1) is 25.3. The molecule has 1 saturated heterocycles. The molecule has 2 aromatic heterocycles. The fraction of sp³-hybridized carbons (Fsp3) is 0.233. The van der Waals surface area contributed by atoms with Gasteiger partial charge in [0.25, 0.3) is 0 Å². The molecule has 6 rings (SSSR count). The van der Waals surface area contributed by atoms with Crippen LogP contribution in [0.2, 0.25) is 0 Å². The Morgan fingerprint density at radius 1 is 1.03 bits per heavy atom. The lowest BCUT2D eigenvalue weighted by Gasteiger charge is -2.44. The number of aryl methyl sites for hydroxylation is 2. The van der Waals surface area contributed by atoms with Gasteiger partial charge in [0.1, 0.15) is 11.5 Å². The average Bonchev–Trinajstić information content (AvgIpc) is 3.33. The van der Waals surface area contributed by atoms with Crippen LogP contribution in [0.3, 0.4) is 0 Å². The van der Waals surface area contributed by atoms with E-state index in [1.54, 1.807) is 59.5 Å². The molecule has 198 valence electrons. The van der Waals surface area contributed by atoms with E-state index in [0.29, 0.717) is 17.8 Å². The van der Waals surface area contributed by atoms with Gasteiger partial charge in [-0.15, -0.1) is 0 Å². The third kappa shape index (κ3) is 4.31. The van der Waals surface area contributed by atoms with Crippen molar-refractivity contribution in [3.05, 3.63) is 113 Å². The zero-order valence-electron chi connectivity index (χ0n) is 21.6. The van der Waals surface area contributed by atoms with Gasteiger partial charge in [0.2, 0.25) is 10.0 Å². The zero-order valence-corrected chi connectivity index (χ0v) is 22.5. The molecule has 39 heavy (non-hydrogen) atoms. The summed E-state index contributed by atoms with van der Waals surface area (Å²) in [6.45, 7) is 4.00. The van der Waals surface area contributed by atoms with Crippen molar-refractivity contribution in [1.29, 1.82) is 0 Å². The number of pyridine rings is 1. The summed E-state index contributed by atoms with van der Waals surface area (Å²) < 4.78 is 44.4. The van der Waals surface area contributed by atoms with E-state index in [1.165, 1.54) is 16.4 Å². The van der Waals surface area contributed by atoms with Crippen molar-refractivity contribution in [2.45, 2.75) is 31.6 Å². The van der Waals surface area contributed by atoms with Gasteiger partial charge >= 0.3 is 0 Å². The van der Waals surface area contributed by atoms with Crippen molar-refractivity contribution in [1.82, 2.24) is 19.1 Å². The predicted molar refractivity (Wildman–Crippen MR) is 145 cm³/mol. The number of piperidine rings is 1. The molecule has 2 aliphatic rings. The minimum absolute atomic E-state index is 0.00469. The number of carbonyl (C=O) groups excluding carboxylic acids is 1. The van der Waals surface area contributed by atoms with E-state index in [0.717, 1.165) is 28.0 Å². The third-order valence-electron chi connectivity index (χ3n) is 7.62. The number of benzene rings is 2. The van der Waals surface area contributed by atoms with Gasteiger partial charge in [0.15, 0.2) is 5.78 Å². The summed E-state index contributed by atoms with van der Waals surface area (Å²) in [6, 6.07) is 16.5. The highest BCUT2D eigenvalue weighted by molar-refractivity contribution is 7.89. The minimum atomic E-state index is -3.85. The molecule has 0 spiro atoms. The van der Waals surface area contributed by atoms with Crippen LogP contribution in [-0.2, 0) is 16.4 Å². The first-order chi connectivity index (χ1) is 18.7. The summed E-state index contributed by atoms with van der Waals surface area (Å²) in [7, 11) is -3.85. The van der Waals surface area contributed by atoms with Crippen molar-refractivity contribution >= 4 is 21.9 Å². The SMILES string of the molecule is Cc1cc(C)cc(S(=O)(=O)N2CCC3=Cc4c(cnn4-c4ccc(F)cc4)CC3(C(=O)c3ccccn3)C2)c1. The van der Waals surface area contributed by atoms with E-state index in [1.807, 2.05) is 26.0 Å². The highest BCUT2D eigenvalue weighted by Crippen LogP contribution is 2.47. The molecule has 0 radical (unpaired) electrons. The minimum Gasteiger partial charge on any atom is -0.291 e. The number of aromatic nitrogens is 3. The molecule has 7 nitrogen and oxygen atoms in total. The van der Waals surface area contributed by atoms with Crippen molar-refractivity contribution < 1.29 is 17.6 Å². The Balaban J connectivity index is 1.45. The monoisotopic (exact) mass is 542 g/mol. The summed E-state index contributed by atoms with van der Waals surface area (Å²) >= 11 is 0. The Hall–Kier alpha value is -3.95. The molecule has 1 fully saturated rings. The molecule has 1 atom stereocenters. The van der Waals surface area contributed by atoms with Crippen molar-refractivity contribution in [2.24, 2.45) is 5.41 Å². The van der Waals surface area contributed by atoms with Gasteiger partial charge < -0.3 is 0 Å². The quantitative estimate of drug-likeness (QED) is 0.334. The summed E-state index contributed by atoms with van der Waals surface area (Å²) in [6.07, 6.45) is 5.90.